The van der Waals surface area contributed by atoms with E-state index in [1.165, 1.54) is 0 Å². The van der Waals surface area contributed by atoms with Gasteiger partial charge in [0.25, 0.3) is 5.91 Å². The zero-order valence-corrected chi connectivity index (χ0v) is 12.6. The highest BCUT2D eigenvalue weighted by Crippen LogP contribution is 2.35. The normalized spacial score (nSPS) is 12.2. The summed E-state index contributed by atoms with van der Waals surface area (Å²) in [5.74, 6) is 1.51. The summed E-state index contributed by atoms with van der Waals surface area (Å²) in [6.07, 6.45) is 3.38. The molecule has 0 unspecified atom stereocenters. The van der Waals surface area contributed by atoms with Crippen molar-refractivity contribution in [2.24, 2.45) is 0 Å². The number of ether oxygens (including phenoxy) is 2. The van der Waals surface area contributed by atoms with Gasteiger partial charge in [0.05, 0.1) is 0 Å². The summed E-state index contributed by atoms with van der Waals surface area (Å²) in [5, 5.41) is 6.60. The molecule has 0 aliphatic carbocycles. The molecule has 7 nitrogen and oxygen atoms in total. The van der Waals surface area contributed by atoms with Crippen molar-refractivity contribution < 1.29 is 18.8 Å². The zero-order chi connectivity index (χ0) is 16.4. The van der Waals surface area contributed by atoms with Gasteiger partial charge in [-0.15, -0.1) is 0 Å². The molecule has 1 aromatic carbocycles. The molecular weight excluding hydrogens is 310 g/mol. The molecular formula is C17H13N3O4. The monoisotopic (exact) mass is 323 g/mol. The number of aromatic nitrogens is 2. The highest BCUT2D eigenvalue weighted by atomic mass is 16.7. The molecule has 3 aromatic rings. The number of pyridine rings is 1. The molecule has 1 amide bonds. The maximum atomic E-state index is 12.2. The number of carbonyl (C=O) groups is 1. The molecule has 120 valence electrons. The highest BCUT2D eigenvalue weighted by molar-refractivity contribution is 5.93. The molecule has 7 heteroatoms. The predicted octanol–water partition coefficient (Wildman–Crippen LogP) is 2.40. The minimum Gasteiger partial charge on any atom is -0.454 e. The molecule has 1 aliphatic heterocycles. The molecule has 1 N–H and O–H groups in total. The van der Waals surface area contributed by atoms with Crippen LogP contribution >= 0.6 is 0 Å². The number of carbonyl (C=O) groups excluding carboxylic acids is 1. The van der Waals surface area contributed by atoms with Crippen LogP contribution in [0, 0.1) is 0 Å². The van der Waals surface area contributed by atoms with Gasteiger partial charge in [0.2, 0.25) is 6.79 Å². The molecule has 3 heterocycles. The maximum Gasteiger partial charge on any atom is 0.273 e. The molecule has 0 saturated heterocycles. The van der Waals surface area contributed by atoms with Gasteiger partial charge in [0, 0.05) is 30.6 Å². The van der Waals surface area contributed by atoms with Crippen LogP contribution in [0.5, 0.6) is 11.5 Å². The van der Waals surface area contributed by atoms with Crippen molar-refractivity contribution in [3.8, 4) is 22.8 Å². The molecule has 4 rings (SSSR count). The molecule has 2 aromatic heterocycles. The fourth-order valence-corrected chi connectivity index (χ4v) is 2.34. The molecule has 24 heavy (non-hydrogen) atoms. The lowest BCUT2D eigenvalue weighted by atomic mass is 10.1. The van der Waals surface area contributed by atoms with E-state index in [0.717, 1.165) is 11.1 Å². The fraction of sp³-hybridized carbons (Fsp3) is 0.118. The maximum absolute atomic E-state index is 12.2. The number of nitrogens with one attached hydrogen (secondary N) is 1. The second-order valence-corrected chi connectivity index (χ2v) is 5.19. The van der Waals surface area contributed by atoms with E-state index in [-0.39, 0.29) is 18.4 Å². The van der Waals surface area contributed by atoms with Crippen LogP contribution in [-0.2, 0) is 6.54 Å². The van der Waals surface area contributed by atoms with Crippen molar-refractivity contribution in [2.75, 3.05) is 6.79 Å². The lowest BCUT2D eigenvalue weighted by molar-refractivity contribution is 0.0942. The Labute approximate surface area is 137 Å². The van der Waals surface area contributed by atoms with Crippen LogP contribution in [0.15, 0.2) is 53.3 Å². The third kappa shape index (κ3) is 2.79. The van der Waals surface area contributed by atoms with E-state index in [0.29, 0.717) is 23.8 Å². The summed E-state index contributed by atoms with van der Waals surface area (Å²) in [7, 11) is 0. The first-order chi connectivity index (χ1) is 11.8. The van der Waals surface area contributed by atoms with Crippen molar-refractivity contribution in [3.05, 3.63) is 60.0 Å². The average molecular weight is 323 g/mol. The summed E-state index contributed by atoms with van der Waals surface area (Å²) in [5.41, 5.74) is 1.88. The quantitative estimate of drug-likeness (QED) is 0.793. The Balaban J connectivity index is 1.47. The van der Waals surface area contributed by atoms with E-state index in [4.69, 9.17) is 14.0 Å². The standard InChI is InChI=1S/C17H13N3O4/c21-17(19-9-11-2-1-5-18-8-11)13-7-15(24-20-13)12-3-4-14-16(6-12)23-10-22-14/h1-8H,9-10H2,(H,19,21). The fourth-order valence-electron chi connectivity index (χ4n) is 2.34. The van der Waals surface area contributed by atoms with Gasteiger partial charge < -0.3 is 19.3 Å². The van der Waals surface area contributed by atoms with Gasteiger partial charge in [-0.25, -0.2) is 0 Å². The topological polar surface area (TPSA) is 86.5 Å². The minimum absolute atomic E-state index is 0.206. The lowest BCUT2D eigenvalue weighted by Crippen LogP contribution is -2.23. The Kier molecular flexibility index (Phi) is 3.59. The number of hydrogen-bond donors (Lipinski definition) is 1. The Morgan fingerprint density at radius 3 is 2.96 bits per heavy atom. The van der Waals surface area contributed by atoms with Crippen LogP contribution in [-0.4, -0.2) is 22.8 Å². The molecule has 0 atom stereocenters. The summed E-state index contributed by atoms with van der Waals surface area (Å²) in [6.45, 7) is 0.579. The van der Waals surface area contributed by atoms with Crippen molar-refractivity contribution >= 4 is 5.91 Å². The van der Waals surface area contributed by atoms with Crippen LogP contribution in [0.3, 0.4) is 0 Å². The number of rotatable bonds is 4. The Bertz CT molecular complexity index is 877. The Hall–Kier alpha value is -3.35. The van der Waals surface area contributed by atoms with Crippen LogP contribution < -0.4 is 14.8 Å². The third-order valence-electron chi connectivity index (χ3n) is 3.58. The van der Waals surface area contributed by atoms with E-state index in [1.54, 1.807) is 30.6 Å². The van der Waals surface area contributed by atoms with Crippen LogP contribution in [0.1, 0.15) is 16.1 Å². The van der Waals surface area contributed by atoms with Gasteiger partial charge in [-0.1, -0.05) is 11.2 Å². The van der Waals surface area contributed by atoms with Gasteiger partial charge in [-0.3, -0.25) is 9.78 Å². The second-order valence-electron chi connectivity index (χ2n) is 5.19. The van der Waals surface area contributed by atoms with E-state index in [9.17, 15) is 4.79 Å². The summed E-state index contributed by atoms with van der Waals surface area (Å²) >= 11 is 0. The van der Waals surface area contributed by atoms with Crippen LogP contribution in [0.25, 0.3) is 11.3 Å². The number of hydrogen-bond acceptors (Lipinski definition) is 6. The number of fused-ring (bicyclic) bond motifs is 1. The Morgan fingerprint density at radius 1 is 1.17 bits per heavy atom. The van der Waals surface area contributed by atoms with Gasteiger partial charge in [-0.2, -0.15) is 0 Å². The minimum atomic E-state index is -0.311. The van der Waals surface area contributed by atoms with E-state index < -0.39 is 0 Å². The first-order valence-electron chi connectivity index (χ1n) is 7.33. The first-order valence-corrected chi connectivity index (χ1v) is 7.33. The summed E-state index contributed by atoms with van der Waals surface area (Å²) in [4.78, 5) is 16.2. The van der Waals surface area contributed by atoms with Crippen molar-refractivity contribution in [1.29, 1.82) is 0 Å². The molecule has 0 radical (unpaired) electrons. The van der Waals surface area contributed by atoms with Crippen molar-refractivity contribution in [2.45, 2.75) is 6.54 Å². The van der Waals surface area contributed by atoms with Crippen molar-refractivity contribution in [3.63, 3.8) is 0 Å². The summed E-state index contributed by atoms with van der Waals surface area (Å²) < 4.78 is 15.9. The largest absolute Gasteiger partial charge is 0.454 e. The number of amides is 1. The van der Waals surface area contributed by atoms with Crippen LogP contribution in [0.2, 0.25) is 0 Å². The lowest BCUT2D eigenvalue weighted by Gasteiger charge is -2.01. The van der Waals surface area contributed by atoms with E-state index in [1.807, 2.05) is 18.2 Å². The molecule has 1 aliphatic rings. The molecule has 0 bridgehead atoms. The molecule has 0 fully saturated rings. The van der Waals surface area contributed by atoms with Gasteiger partial charge in [0.1, 0.15) is 0 Å². The Morgan fingerprint density at radius 2 is 2.08 bits per heavy atom. The van der Waals surface area contributed by atoms with Gasteiger partial charge in [-0.05, 0) is 29.8 Å². The van der Waals surface area contributed by atoms with Gasteiger partial charge in [0.15, 0.2) is 23.0 Å². The van der Waals surface area contributed by atoms with E-state index >= 15 is 0 Å². The smallest absolute Gasteiger partial charge is 0.273 e. The van der Waals surface area contributed by atoms with Gasteiger partial charge >= 0.3 is 0 Å². The van der Waals surface area contributed by atoms with Crippen molar-refractivity contribution in [1.82, 2.24) is 15.5 Å². The number of benzene rings is 1. The zero-order valence-electron chi connectivity index (χ0n) is 12.6. The summed E-state index contributed by atoms with van der Waals surface area (Å²) in [6, 6.07) is 10.7. The highest BCUT2D eigenvalue weighted by Gasteiger charge is 2.17. The predicted molar refractivity (Wildman–Crippen MR) is 83.5 cm³/mol. The molecule has 0 saturated carbocycles. The first kappa shape index (κ1) is 14.3. The second kappa shape index (κ2) is 6.04. The SMILES string of the molecule is O=C(NCc1cccnc1)c1cc(-c2ccc3c(c2)OCO3)on1. The number of nitrogens with zero attached hydrogens (tertiary/aromatic N) is 2. The third-order valence-corrected chi connectivity index (χ3v) is 3.58. The average Bonchev–Trinajstić information content (AvgIpc) is 3.29. The van der Waals surface area contributed by atoms with E-state index in [2.05, 4.69) is 15.5 Å². The molecule has 0 spiro atoms. The van der Waals surface area contributed by atoms with Crippen LogP contribution in [0.4, 0.5) is 0 Å².